The highest BCUT2D eigenvalue weighted by molar-refractivity contribution is 5.90. The highest BCUT2D eigenvalue weighted by Gasteiger charge is 2.15. The van der Waals surface area contributed by atoms with E-state index in [-0.39, 0.29) is 5.91 Å². The van der Waals surface area contributed by atoms with Crippen molar-refractivity contribution in [3.8, 4) is 11.5 Å². The number of piperidine rings is 1. The number of amides is 1. The number of likely N-dealkylation sites (tertiary alicyclic amines) is 1. The van der Waals surface area contributed by atoms with Gasteiger partial charge in [-0.25, -0.2) is 0 Å². The number of rotatable bonds is 9. The molecule has 1 aliphatic heterocycles. The van der Waals surface area contributed by atoms with Crippen LogP contribution in [0.1, 0.15) is 38.2 Å². The summed E-state index contributed by atoms with van der Waals surface area (Å²) in [5.74, 6) is 2.45. The highest BCUT2D eigenvalue weighted by Crippen LogP contribution is 2.19. The van der Waals surface area contributed by atoms with Crippen molar-refractivity contribution in [1.29, 1.82) is 0 Å². The molecule has 29 heavy (non-hydrogen) atoms. The number of methoxy groups -OCH3 is 1. The highest BCUT2D eigenvalue weighted by atomic mass is 16.5. The van der Waals surface area contributed by atoms with Gasteiger partial charge in [0, 0.05) is 18.7 Å². The van der Waals surface area contributed by atoms with Gasteiger partial charge >= 0.3 is 0 Å². The minimum atomic E-state index is 0.0149. The summed E-state index contributed by atoms with van der Waals surface area (Å²) in [7, 11) is 1.64. The molecule has 1 heterocycles. The van der Waals surface area contributed by atoms with Crippen molar-refractivity contribution in [2.24, 2.45) is 5.92 Å². The first-order valence-electron chi connectivity index (χ1n) is 10.5. The first-order chi connectivity index (χ1) is 14.1. The molecule has 0 unspecified atom stereocenters. The molecule has 1 saturated heterocycles. The van der Waals surface area contributed by atoms with E-state index in [4.69, 9.17) is 9.47 Å². The minimum absolute atomic E-state index is 0.0149. The number of carbonyl (C=O) groups is 1. The minimum Gasteiger partial charge on any atom is -0.497 e. The van der Waals surface area contributed by atoms with Crippen LogP contribution in [0.3, 0.4) is 0 Å². The molecule has 3 rings (SSSR count). The third-order valence-electron chi connectivity index (χ3n) is 5.40. The van der Waals surface area contributed by atoms with Gasteiger partial charge in [0.2, 0.25) is 5.91 Å². The van der Waals surface area contributed by atoms with E-state index in [9.17, 15) is 4.79 Å². The van der Waals surface area contributed by atoms with Crippen LogP contribution >= 0.6 is 0 Å². The molecule has 0 radical (unpaired) electrons. The Hall–Kier alpha value is -2.53. The van der Waals surface area contributed by atoms with Gasteiger partial charge in [-0.2, -0.15) is 0 Å². The van der Waals surface area contributed by atoms with Crippen LogP contribution < -0.4 is 14.8 Å². The van der Waals surface area contributed by atoms with Crippen molar-refractivity contribution in [3.05, 3.63) is 54.1 Å². The Morgan fingerprint density at radius 3 is 2.34 bits per heavy atom. The molecule has 1 aliphatic rings. The standard InChI is InChI=1S/C24H32N2O3/c1-19-13-15-26(16-14-19)18-20-5-7-21(8-6-20)25-24(27)4-3-17-29-23-11-9-22(28-2)10-12-23/h5-12,19H,3-4,13-18H2,1-2H3,(H,25,27). The lowest BCUT2D eigenvalue weighted by Crippen LogP contribution is -2.32. The van der Waals surface area contributed by atoms with Gasteiger partial charge in [-0.05, 0) is 80.2 Å². The second kappa shape index (κ2) is 10.9. The molecule has 156 valence electrons. The summed E-state index contributed by atoms with van der Waals surface area (Å²) < 4.78 is 10.8. The molecule has 0 bridgehead atoms. The van der Waals surface area contributed by atoms with Crippen LogP contribution in [-0.2, 0) is 11.3 Å². The number of hydrogen-bond donors (Lipinski definition) is 1. The van der Waals surface area contributed by atoms with E-state index in [2.05, 4.69) is 29.3 Å². The summed E-state index contributed by atoms with van der Waals surface area (Å²) in [6.45, 7) is 6.19. The van der Waals surface area contributed by atoms with Crippen molar-refractivity contribution in [3.63, 3.8) is 0 Å². The Bertz CT molecular complexity index is 751. The van der Waals surface area contributed by atoms with Gasteiger partial charge in [0.15, 0.2) is 0 Å². The summed E-state index contributed by atoms with van der Waals surface area (Å²) in [6, 6.07) is 15.7. The van der Waals surface area contributed by atoms with E-state index in [1.54, 1.807) is 7.11 Å². The second-order valence-corrected chi connectivity index (χ2v) is 7.83. The molecular weight excluding hydrogens is 364 g/mol. The maximum absolute atomic E-state index is 12.1. The Morgan fingerprint density at radius 2 is 1.69 bits per heavy atom. The molecular formula is C24H32N2O3. The topological polar surface area (TPSA) is 50.8 Å². The first kappa shape index (κ1) is 21.2. The molecule has 0 aliphatic carbocycles. The molecule has 0 saturated carbocycles. The van der Waals surface area contributed by atoms with Gasteiger partial charge in [-0.1, -0.05) is 19.1 Å². The van der Waals surface area contributed by atoms with Crippen molar-refractivity contribution < 1.29 is 14.3 Å². The molecule has 5 nitrogen and oxygen atoms in total. The molecule has 5 heteroatoms. The van der Waals surface area contributed by atoms with Crippen LogP contribution in [0.15, 0.2) is 48.5 Å². The molecule has 1 amide bonds. The number of nitrogens with zero attached hydrogens (tertiary/aromatic N) is 1. The van der Waals surface area contributed by atoms with Gasteiger partial charge in [-0.15, -0.1) is 0 Å². The molecule has 1 fully saturated rings. The van der Waals surface area contributed by atoms with Crippen molar-refractivity contribution in [2.75, 3.05) is 32.1 Å². The van der Waals surface area contributed by atoms with Gasteiger partial charge in [0.05, 0.1) is 13.7 Å². The zero-order chi connectivity index (χ0) is 20.5. The lowest BCUT2D eigenvalue weighted by Gasteiger charge is -2.30. The lowest BCUT2D eigenvalue weighted by atomic mass is 9.99. The van der Waals surface area contributed by atoms with Gasteiger partial charge in [0.25, 0.3) is 0 Å². The third kappa shape index (κ3) is 7.09. The fourth-order valence-corrected chi connectivity index (χ4v) is 3.49. The van der Waals surface area contributed by atoms with Crippen LogP contribution in [0, 0.1) is 5.92 Å². The predicted octanol–water partition coefficient (Wildman–Crippen LogP) is 4.72. The number of carbonyl (C=O) groups excluding carboxylic acids is 1. The SMILES string of the molecule is COc1ccc(OCCCC(=O)Nc2ccc(CN3CCC(C)CC3)cc2)cc1. The van der Waals surface area contributed by atoms with Crippen molar-refractivity contribution in [1.82, 2.24) is 4.90 Å². The van der Waals surface area contributed by atoms with E-state index in [1.807, 2.05) is 36.4 Å². The largest absolute Gasteiger partial charge is 0.497 e. The van der Waals surface area contributed by atoms with Crippen LogP contribution in [0.5, 0.6) is 11.5 Å². The monoisotopic (exact) mass is 396 g/mol. The normalized spacial score (nSPS) is 15.1. The average Bonchev–Trinajstić information content (AvgIpc) is 2.75. The maximum atomic E-state index is 12.1. The summed E-state index contributed by atoms with van der Waals surface area (Å²) in [5.41, 5.74) is 2.15. The molecule has 0 aromatic heterocycles. The third-order valence-corrected chi connectivity index (χ3v) is 5.40. The van der Waals surface area contributed by atoms with E-state index in [0.29, 0.717) is 19.4 Å². The summed E-state index contributed by atoms with van der Waals surface area (Å²) in [6.07, 6.45) is 3.68. The molecule has 1 N–H and O–H groups in total. The van der Waals surface area contributed by atoms with Gasteiger partial charge in [-0.3, -0.25) is 9.69 Å². The Morgan fingerprint density at radius 1 is 1.03 bits per heavy atom. The number of benzene rings is 2. The van der Waals surface area contributed by atoms with Crippen molar-refractivity contribution >= 4 is 11.6 Å². The van der Waals surface area contributed by atoms with Crippen molar-refractivity contribution in [2.45, 2.75) is 39.2 Å². The predicted molar refractivity (Wildman–Crippen MR) is 116 cm³/mol. The van der Waals surface area contributed by atoms with E-state index in [0.717, 1.165) is 29.6 Å². The summed E-state index contributed by atoms with van der Waals surface area (Å²) in [4.78, 5) is 14.7. The Labute approximate surface area is 174 Å². The number of nitrogens with one attached hydrogen (secondary N) is 1. The van der Waals surface area contributed by atoms with E-state index in [1.165, 1.54) is 31.5 Å². The summed E-state index contributed by atoms with van der Waals surface area (Å²) in [5, 5.41) is 2.97. The smallest absolute Gasteiger partial charge is 0.224 e. The van der Waals surface area contributed by atoms with Crippen LogP contribution in [0.25, 0.3) is 0 Å². The first-order valence-corrected chi connectivity index (χ1v) is 10.5. The lowest BCUT2D eigenvalue weighted by molar-refractivity contribution is -0.116. The maximum Gasteiger partial charge on any atom is 0.224 e. The summed E-state index contributed by atoms with van der Waals surface area (Å²) >= 11 is 0. The number of ether oxygens (including phenoxy) is 2. The molecule has 0 atom stereocenters. The van der Waals surface area contributed by atoms with Crippen LogP contribution in [0.4, 0.5) is 5.69 Å². The number of anilines is 1. The molecule has 2 aromatic rings. The van der Waals surface area contributed by atoms with E-state index < -0.39 is 0 Å². The Kier molecular flexibility index (Phi) is 7.94. The molecule has 2 aromatic carbocycles. The molecule has 0 spiro atoms. The van der Waals surface area contributed by atoms with Crippen LogP contribution in [0.2, 0.25) is 0 Å². The quantitative estimate of drug-likeness (QED) is 0.623. The van der Waals surface area contributed by atoms with Gasteiger partial charge in [0.1, 0.15) is 11.5 Å². The average molecular weight is 397 g/mol. The van der Waals surface area contributed by atoms with Crippen LogP contribution in [-0.4, -0.2) is 37.6 Å². The Balaban J connectivity index is 1.34. The second-order valence-electron chi connectivity index (χ2n) is 7.83. The fraction of sp³-hybridized carbons (Fsp3) is 0.458. The number of hydrogen-bond acceptors (Lipinski definition) is 4. The van der Waals surface area contributed by atoms with Gasteiger partial charge < -0.3 is 14.8 Å². The zero-order valence-corrected chi connectivity index (χ0v) is 17.5. The zero-order valence-electron chi connectivity index (χ0n) is 17.5. The van der Waals surface area contributed by atoms with E-state index >= 15 is 0 Å². The fourth-order valence-electron chi connectivity index (χ4n) is 3.49.